The van der Waals surface area contributed by atoms with Gasteiger partial charge in [0.15, 0.2) is 6.10 Å². The maximum atomic E-state index is 12.3. The molecule has 35 heavy (non-hydrogen) atoms. The van der Waals surface area contributed by atoms with E-state index in [1.807, 2.05) is 0 Å². The Bertz CT molecular complexity index is 790. The Morgan fingerprint density at radius 2 is 1.69 bits per heavy atom. The van der Waals surface area contributed by atoms with Gasteiger partial charge in [-0.15, -0.1) is 20.2 Å². The predicted molar refractivity (Wildman–Crippen MR) is 110 cm³/mol. The van der Waals surface area contributed by atoms with E-state index in [4.69, 9.17) is 15.6 Å². The van der Waals surface area contributed by atoms with Crippen LogP contribution in [0.25, 0.3) is 0 Å². The lowest BCUT2D eigenvalue weighted by Gasteiger charge is -2.19. The fraction of sp³-hybridized carbons (Fsp3) is 0.706. The van der Waals surface area contributed by atoms with Gasteiger partial charge in [0.1, 0.15) is 25.3 Å². The number of carbonyl (C=O) groups is 5. The van der Waals surface area contributed by atoms with Crippen molar-refractivity contribution < 1.29 is 53.7 Å². The molecule has 0 aromatic rings. The molecule has 0 saturated carbocycles. The Hall–Kier alpha value is -4.09. The standard InChI is InChI=1S/C17H27N5O13/c1-10(23)15(25)20-13(4-2-3-7-19-14(24)6-5-12(18)16(26)27)17(28)33-8-11(35-22(31)32)9-34-21(29)30/h11-13H,2-9,18H2,1H3,(H,19,24)(H,20,25)(H,26,27)/t11-,12?,13-/m0/s1. The van der Waals surface area contributed by atoms with Crippen LogP contribution in [0.15, 0.2) is 0 Å². The van der Waals surface area contributed by atoms with Gasteiger partial charge in [-0.3, -0.25) is 19.2 Å². The summed E-state index contributed by atoms with van der Waals surface area (Å²) in [5.41, 5.74) is 5.30. The molecule has 0 saturated heterocycles. The number of hydrogen-bond acceptors (Lipinski definition) is 13. The third-order valence-electron chi connectivity index (χ3n) is 4.16. The highest BCUT2D eigenvalue weighted by atomic mass is 17.0. The molecule has 3 atom stereocenters. The highest BCUT2D eigenvalue weighted by molar-refractivity contribution is 6.35. The topological polar surface area (TPSA) is 270 Å². The second kappa shape index (κ2) is 16.5. The van der Waals surface area contributed by atoms with Crippen molar-refractivity contribution in [3.63, 3.8) is 0 Å². The molecule has 0 aliphatic heterocycles. The molecular weight excluding hydrogens is 482 g/mol. The summed E-state index contributed by atoms with van der Waals surface area (Å²) in [7, 11) is 0. The number of esters is 1. The number of hydrogen-bond donors (Lipinski definition) is 4. The summed E-state index contributed by atoms with van der Waals surface area (Å²) in [6.45, 7) is -0.628. The largest absolute Gasteiger partial charge is 0.480 e. The van der Waals surface area contributed by atoms with Crippen molar-refractivity contribution in [3.05, 3.63) is 20.2 Å². The Morgan fingerprint density at radius 1 is 1.03 bits per heavy atom. The molecule has 0 aromatic carbocycles. The van der Waals surface area contributed by atoms with Gasteiger partial charge in [0.2, 0.25) is 11.7 Å². The van der Waals surface area contributed by atoms with Crippen LogP contribution in [0.1, 0.15) is 39.0 Å². The molecule has 1 unspecified atom stereocenters. The number of nitrogens with one attached hydrogen (secondary N) is 2. The number of carboxylic acid groups (broad SMARTS) is 1. The first-order valence-electron chi connectivity index (χ1n) is 10.1. The summed E-state index contributed by atoms with van der Waals surface area (Å²) in [6, 6.07) is -2.51. The van der Waals surface area contributed by atoms with Crippen LogP contribution in [-0.2, 0) is 38.4 Å². The fourth-order valence-electron chi connectivity index (χ4n) is 2.36. The average Bonchev–Trinajstić information content (AvgIpc) is 2.77. The number of nitrogens with zero attached hydrogens (tertiary/aromatic N) is 2. The predicted octanol–water partition coefficient (Wildman–Crippen LogP) is -2.13. The number of carboxylic acids is 1. The molecular formula is C17H27N5O13. The quantitative estimate of drug-likeness (QED) is 0.0476. The molecule has 5 N–H and O–H groups in total. The van der Waals surface area contributed by atoms with Gasteiger partial charge in [0.25, 0.3) is 16.1 Å². The minimum atomic E-state index is -1.63. The van der Waals surface area contributed by atoms with Crippen LogP contribution in [0.3, 0.4) is 0 Å². The molecule has 0 radical (unpaired) electrons. The smallest absolute Gasteiger partial charge is 0.328 e. The van der Waals surface area contributed by atoms with Gasteiger partial charge < -0.3 is 35.9 Å². The summed E-state index contributed by atoms with van der Waals surface area (Å²) in [6.07, 6.45) is -1.28. The number of nitrogens with two attached hydrogens (primary N) is 1. The van der Waals surface area contributed by atoms with E-state index in [1.165, 1.54) is 0 Å². The van der Waals surface area contributed by atoms with Gasteiger partial charge in [-0.05, 0) is 25.7 Å². The van der Waals surface area contributed by atoms with E-state index in [1.54, 1.807) is 0 Å². The first kappa shape index (κ1) is 30.9. The normalized spacial score (nSPS) is 12.9. The summed E-state index contributed by atoms with van der Waals surface area (Å²) < 4.78 is 4.82. The van der Waals surface area contributed by atoms with E-state index in [0.717, 1.165) is 6.92 Å². The van der Waals surface area contributed by atoms with Gasteiger partial charge in [0.05, 0.1) is 0 Å². The summed E-state index contributed by atoms with van der Waals surface area (Å²) in [4.78, 5) is 86.3. The molecule has 18 nitrogen and oxygen atoms in total. The third kappa shape index (κ3) is 15.4. The van der Waals surface area contributed by atoms with Crippen molar-refractivity contribution in [2.45, 2.75) is 57.2 Å². The summed E-state index contributed by atoms with van der Waals surface area (Å²) in [5, 5.41) is 31.6. The number of unbranched alkanes of at least 4 members (excludes halogenated alkanes) is 1. The van der Waals surface area contributed by atoms with E-state index in [0.29, 0.717) is 6.42 Å². The van der Waals surface area contributed by atoms with Crippen molar-refractivity contribution in [2.24, 2.45) is 5.73 Å². The monoisotopic (exact) mass is 509 g/mol. The number of carbonyl (C=O) groups excluding carboxylic acids is 4. The van der Waals surface area contributed by atoms with E-state index in [-0.39, 0.29) is 32.2 Å². The highest BCUT2D eigenvalue weighted by Gasteiger charge is 2.26. The molecule has 0 heterocycles. The van der Waals surface area contributed by atoms with Gasteiger partial charge >= 0.3 is 11.9 Å². The first-order valence-corrected chi connectivity index (χ1v) is 10.1. The number of ketones is 1. The Morgan fingerprint density at radius 3 is 2.23 bits per heavy atom. The molecule has 2 amide bonds. The molecule has 0 bridgehead atoms. The lowest BCUT2D eigenvalue weighted by Crippen LogP contribution is -2.45. The van der Waals surface area contributed by atoms with E-state index >= 15 is 0 Å². The van der Waals surface area contributed by atoms with Gasteiger partial charge in [-0.2, -0.15) is 0 Å². The lowest BCUT2D eigenvalue weighted by atomic mass is 10.1. The summed E-state index contributed by atoms with van der Waals surface area (Å²) in [5.74, 6) is -4.75. The second-order valence-corrected chi connectivity index (χ2v) is 7.01. The molecule has 0 spiro atoms. The van der Waals surface area contributed by atoms with E-state index in [2.05, 4.69) is 20.3 Å². The molecule has 0 rings (SSSR count). The average molecular weight is 509 g/mol. The van der Waals surface area contributed by atoms with Crippen molar-refractivity contribution in [1.29, 1.82) is 0 Å². The zero-order valence-electron chi connectivity index (χ0n) is 18.7. The maximum absolute atomic E-state index is 12.3. The van der Waals surface area contributed by atoms with E-state index < -0.39 is 71.1 Å². The Labute approximate surface area is 197 Å². The van der Waals surface area contributed by atoms with Crippen molar-refractivity contribution >= 4 is 29.5 Å². The Balaban J connectivity index is 4.72. The van der Waals surface area contributed by atoms with Crippen LogP contribution in [0.4, 0.5) is 0 Å². The highest BCUT2D eigenvalue weighted by Crippen LogP contribution is 2.06. The third-order valence-corrected chi connectivity index (χ3v) is 4.16. The van der Waals surface area contributed by atoms with Gasteiger partial charge in [0, 0.05) is 19.9 Å². The van der Waals surface area contributed by atoms with Crippen molar-refractivity contribution in [3.8, 4) is 0 Å². The van der Waals surface area contributed by atoms with Crippen LogP contribution in [0.5, 0.6) is 0 Å². The molecule has 0 fully saturated rings. The number of rotatable bonds is 19. The van der Waals surface area contributed by atoms with Crippen molar-refractivity contribution in [2.75, 3.05) is 19.8 Å². The van der Waals surface area contributed by atoms with Crippen LogP contribution in [0.2, 0.25) is 0 Å². The minimum absolute atomic E-state index is 0.0518. The number of ether oxygens (including phenoxy) is 1. The maximum Gasteiger partial charge on any atom is 0.328 e. The van der Waals surface area contributed by atoms with Crippen molar-refractivity contribution in [1.82, 2.24) is 10.6 Å². The zero-order chi connectivity index (χ0) is 27.0. The summed E-state index contributed by atoms with van der Waals surface area (Å²) >= 11 is 0. The lowest BCUT2D eigenvalue weighted by molar-refractivity contribution is -0.790. The molecule has 18 heteroatoms. The molecule has 0 aliphatic carbocycles. The van der Waals surface area contributed by atoms with Gasteiger partial charge in [-0.25, -0.2) is 4.79 Å². The molecule has 198 valence electrons. The fourth-order valence-corrected chi connectivity index (χ4v) is 2.36. The first-order chi connectivity index (χ1) is 16.3. The minimum Gasteiger partial charge on any atom is -0.480 e. The van der Waals surface area contributed by atoms with Crippen LogP contribution < -0.4 is 16.4 Å². The van der Waals surface area contributed by atoms with Crippen LogP contribution in [-0.4, -0.2) is 82.8 Å². The van der Waals surface area contributed by atoms with Crippen LogP contribution >= 0.6 is 0 Å². The molecule has 0 aliphatic rings. The van der Waals surface area contributed by atoms with Gasteiger partial charge in [-0.1, -0.05) is 0 Å². The SMILES string of the molecule is CC(=O)C(=O)N[C@@H](CCCCNC(=O)CCC(N)C(=O)O)C(=O)OC[C@@H](CO[N+](=O)[O-])O[N+](=O)[O-]. The number of Topliss-reactive ketones (excluding diaryl/α,β-unsaturated/α-hetero) is 1. The number of amides is 2. The Kier molecular flexibility index (Phi) is 14.6. The van der Waals surface area contributed by atoms with Crippen LogP contribution in [0, 0.1) is 20.2 Å². The zero-order valence-corrected chi connectivity index (χ0v) is 18.7. The van der Waals surface area contributed by atoms with E-state index in [9.17, 15) is 44.2 Å². The molecule has 0 aromatic heterocycles. The number of aliphatic carboxylic acids is 1. The second-order valence-electron chi connectivity index (χ2n) is 7.01.